The molecule has 0 aliphatic carbocycles. The molecule has 1 saturated heterocycles. The van der Waals surface area contributed by atoms with Gasteiger partial charge >= 0.3 is 0 Å². The number of hydrogen-bond donors (Lipinski definition) is 1. The normalized spacial score (nSPS) is 20.2. The molecule has 1 aliphatic heterocycles. The van der Waals surface area contributed by atoms with Crippen molar-refractivity contribution in [1.29, 1.82) is 0 Å². The van der Waals surface area contributed by atoms with E-state index in [1.807, 2.05) is 13.0 Å². The molecule has 0 radical (unpaired) electrons. The van der Waals surface area contributed by atoms with Gasteiger partial charge in [0.2, 0.25) is 0 Å². The number of aromatic nitrogens is 2. The van der Waals surface area contributed by atoms with E-state index in [1.165, 1.54) is 0 Å². The lowest BCUT2D eigenvalue weighted by molar-refractivity contribution is 0.185. The van der Waals surface area contributed by atoms with Gasteiger partial charge in [-0.15, -0.1) is 0 Å². The predicted octanol–water partition coefficient (Wildman–Crippen LogP) is 0.865. The fraction of sp³-hybridized carbons (Fsp3) is 0.667. The highest BCUT2D eigenvalue weighted by molar-refractivity contribution is 5.11. The van der Waals surface area contributed by atoms with Crippen molar-refractivity contribution in [1.82, 2.24) is 9.97 Å². The summed E-state index contributed by atoms with van der Waals surface area (Å²) in [4.78, 5) is 9.01. The van der Waals surface area contributed by atoms with E-state index in [0.29, 0.717) is 12.5 Å². The topological polar surface area (TPSA) is 61.0 Å². The van der Waals surface area contributed by atoms with Gasteiger partial charge < -0.3 is 10.5 Å². The van der Waals surface area contributed by atoms with Crippen LogP contribution in [0, 0.1) is 12.8 Å². The molecular formula is C12H19N3O. The van der Waals surface area contributed by atoms with E-state index < -0.39 is 0 Å². The summed E-state index contributed by atoms with van der Waals surface area (Å²) in [6.45, 7) is 4.38. The Bertz CT molecular complexity index is 348. The average molecular weight is 221 g/mol. The van der Waals surface area contributed by atoms with Crippen LogP contribution in [0.5, 0.6) is 0 Å². The van der Waals surface area contributed by atoms with E-state index in [2.05, 4.69) is 9.97 Å². The van der Waals surface area contributed by atoms with Crippen LogP contribution in [-0.2, 0) is 17.6 Å². The summed E-state index contributed by atoms with van der Waals surface area (Å²) in [5.74, 6) is 1.53. The van der Waals surface area contributed by atoms with Crippen molar-refractivity contribution in [3.8, 4) is 0 Å². The van der Waals surface area contributed by atoms with Crippen molar-refractivity contribution in [3.63, 3.8) is 0 Å². The molecule has 1 unspecified atom stereocenters. The molecule has 2 rings (SSSR count). The van der Waals surface area contributed by atoms with Crippen LogP contribution < -0.4 is 5.73 Å². The van der Waals surface area contributed by atoms with Gasteiger partial charge in [-0.1, -0.05) is 0 Å². The van der Waals surface area contributed by atoms with Gasteiger partial charge in [0.15, 0.2) is 0 Å². The first kappa shape index (κ1) is 11.5. The molecule has 0 bridgehead atoms. The number of hydrogen-bond acceptors (Lipinski definition) is 4. The van der Waals surface area contributed by atoms with Crippen molar-refractivity contribution < 1.29 is 4.74 Å². The number of aryl methyl sites for hydroxylation is 1. The second-order valence-electron chi connectivity index (χ2n) is 4.39. The van der Waals surface area contributed by atoms with Crippen LogP contribution in [0.3, 0.4) is 0 Å². The highest BCUT2D eigenvalue weighted by Crippen LogP contribution is 2.16. The third-order valence-corrected chi connectivity index (χ3v) is 2.85. The summed E-state index contributed by atoms with van der Waals surface area (Å²) in [5, 5.41) is 0. The van der Waals surface area contributed by atoms with E-state index in [1.54, 1.807) is 0 Å². The molecular weight excluding hydrogens is 202 g/mol. The average Bonchev–Trinajstić information content (AvgIpc) is 2.70. The lowest BCUT2D eigenvalue weighted by Gasteiger charge is -2.08. The fourth-order valence-electron chi connectivity index (χ4n) is 2.07. The van der Waals surface area contributed by atoms with Crippen molar-refractivity contribution >= 4 is 0 Å². The van der Waals surface area contributed by atoms with E-state index >= 15 is 0 Å². The van der Waals surface area contributed by atoms with Gasteiger partial charge in [-0.25, -0.2) is 9.97 Å². The van der Waals surface area contributed by atoms with Gasteiger partial charge in [-0.2, -0.15) is 0 Å². The van der Waals surface area contributed by atoms with Crippen molar-refractivity contribution in [3.05, 3.63) is 23.3 Å². The maximum atomic E-state index is 5.54. The van der Waals surface area contributed by atoms with Gasteiger partial charge in [0.25, 0.3) is 0 Å². The van der Waals surface area contributed by atoms with Crippen LogP contribution in [0.2, 0.25) is 0 Å². The summed E-state index contributed by atoms with van der Waals surface area (Å²) >= 11 is 0. The molecule has 0 spiro atoms. The first-order chi connectivity index (χ1) is 7.78. The Morgan fingerprint density at radius 3 is 3.06 bits per heavy atom. The molecule has 1 aromatic rings. The third-order valence-electron chi connectivity index (χ3n) is 2.85. The van der Waals surface area contributed by atoms with Crippen molar-refractivity contribution in [2.45, 2.75) is 26.2 Å². The first-order valence-corrected chi connectivity index (χ1v) is 5.89. The van der Waals surface area contributed by atoms with Crippen molar-refractivity contribution in [2.75, 3.05) is 19.8 Å². The second kappa shape index (κ2) is 5.37. The minimum Gasteiger partial charge on any atom is -0.381 e. The van der Waals surface area contributed by atoms with Gasteiger partial charge in [0.1, 0.15) is 5.82 Å². The molecule has 4 heteroatoms. The zero-order chi connectivity index (χ0) is 11.4. The molecule has 88 valence electrons. The predicted molar refractivity (Wildman–Crippen MR) is 62.2 cm³/mol. The Labute approximate surface area is 96.2 Å². The second-order valence-corrected chi connectivity index (χ2v) is 4.39. The van der Waals surface area contributed by atoms with Crippen molar-refractivity contribution in [2.24, 2.45) is 11.7 Å². The quantitative estimate of drug-likeness (QED) is 0.819. The van der Waals surface area contributed by atoms with Gasteiger partial charge in [0, 0.05) is 37.4 Å². The Balaban J connectivity index is 2.06. The highest BCUT2D eigenvalue weighted by atomic mass is 16.5. The summed E-state index contributed by atoms with van der Waals surface area (Å²) in [7, 11) is 0. The molecule has 2 heterocycles. The van der Waals surface area contributed by atoms with Crippen LogP contribution in [0.25, 0.3) is 0 Å². The van der Waals surface area contributed by atoms with Crippen LogP contribution in [0.4, 0.5) is 0 Å². The molecule has 1 aliphatic rings. The van der Waals surface area contributed by atoms with E-state index in [-0.39, 0.29) is 0 Å². The Morgan fingerprint density at radius 1 is 1.50 bits per heavy atom. The van der Waals surface area contributed by atoms with Gasteiger partial charge in [-0.05, 0) is 31.9 Å². The SMILES string of the molecule is Cc1cc(CCN)nc(CC2CCOC2)n1. The largest absolute Gasteiger partial charge is 0.381 e. The molecule has 0 amide bonds. The van der Waals surface area contributed by atoms with Crippen LogP contribution in [0.1, 0.15) is 23.6 Å². The number of ether oxygens (including phenoxy) is 1. The summed E-state index contributed by atoms with van der Waals surface area (Å²) in [5.41, 5.74) is 7.64. The number of rotatable bonds is 4. The maximum absolute atomic E-state index is 5.54. The number of nitrogens with two attached hydrogens (primary N) is 1. The maximum Gasteiger partial charge on any atom is 0.129 e. The molecule has 0 aromatic carbocycles. The Morgan fingerprint density at radius 2 is 2.38 bits per heavy atom. The molecule has 16 heavy (non-hydrogen) atoms. The smallest absolute Gasteiger partial charge is 0.129 e. The summed E-state index contributed by atoms with van der Waals surface area (Å²) < 4.78 is 5.36. The summed E-state index contributed by atoms with van der Waals surface area (Å²) in [6.07, 6.45) is 2.89. The Hall–Kier alpha value is -1.00. The molecule has 1 fully saturated rings. The minimum atomic E-state index is 0.590. The zero-order valence-electron chi connectivity index (χ0n) is 9.78. The third kappa shape index (κ3) is 3.00. The number of nitrogens with zero attached hydrogens (tertiary/aromatic N) is 2. The molecule has 1 atom stereocenters. The standard InChI is InChI=1S/C12H19N3O/c1-9-6-11(2-4-13)15-12(14-9)7-10-3-5-16-8-10/h6,10H,2-5,7-8,13H2,1H3. The van der Waals surface area contributed by atoms with E-state index in [4.69, 9.17) is 10.5 Å². The first-order valence-electron chi connectivity index (χ1n) is 5.89. The van der Waals surface area contributed by atoms with Crippen LogP contribution >= 0.6 is 0 Å². The van der Waals surface area contributed by atoms with Gasteiger partial charge in [0.05, 0.1) is 0 Å². The molecule has 2 N–H and O–H groups in total. The fourth-order valence-corrected chi connectivity index (χ4v) is 2.07. The molecule has 4 nitrogen and oxygen atoms in total. The van der Waals surface area contributed by atoms with Crippen LogP contribution in [0.15, 0.2) is 6.07 Å². The lowest BCUT2D eigenvalue weighted by Crippen LogP contribution is -2.11. The lowest BCUT2D eigenvalue weighted by atomic mass is 10.0. The zero-order valence-corrected chi connectivity index (χ0v) is 9.78. The highest BCUT2D eigenvalue weighted by Gasteiger charge is 2.17. The minimum absolute atomic E-state index is 0.590. The molecule has 0 saturated carbocycles. The van der Waals surface area contributed by atoms with Crippen LogP contribution in [-0.4, -0.2) is 29.7 Å². The van der Waals surface area contributed by atoms with E-state index in [9.17, 15) is 0 Å². The summed E-state index contributed by atoms with van der Waals surface area (Å²) in [6, 6.07) is 2.02. The van der Waals surface area contributed by atoms with Gasteiger partial charge in [-0.3, -0.25) is 0 Å². The Kier molecular flexibility index (Phi) is 3.85. The molecule has 1 aromatic heterocycles. The van der Waals surface area contributed by atoms with E-state index in [0.717, 1.165) is 49.7 Å². The monoisotopic (exact) mass is 221 g/mol.